The van der Waals surface area contributed by atoms with Gasteiger partial charge in [-0.2, -0.15) is 11.8 Å². The topological polar surface area (TPSA) is 49.3 Å². The van der Waals surface area contributed by atoms with Crippen molar-refractivity contribution in [3.63, 3.8) is 0 Å². The molecule has 0 saturated carbocycles. The molecule has 0 fully saturated rings. The highest BCUT2D eigenvalue weighted by molar-refractivity contribution is 7.99. The monoisotopic (exact) mass is 313 g/mol. The first-order valence-corrected chi connectivity index (χ1v) is 8.29. The number of aliphatic hydroxyl groups is 1. The van der Waals surface area contributed by atoms with Gasteiger partial charge in [-0.25, -0.2) is 4.39 Å². The lowest BCUT2D eigenvalue weighted by Crippen LogP contribution is -2.40. The fourth-order valence-electron chi connectivity index (χ4n) is 1.94. The van der Waals surface area contributed by atoms with E-state index in [0.29, 0.717) is 10.3 Å². The van der Waals surface area contributed by atoms with Crippen LogP contribution in [0.1, 0.15) is 16.6 Å². The molecule has 0 aliphatic rings. The van der Waals surface area contributed by atoms with E-state index in [-0.39, 0.29) is 29.6 Å². The Labute approximate surface area is 125 Å². The summed E-state index contributed by atoms with van der Waals surface area (Å²) < 4.78 is 14.4. The molecule has 1 amide bonds. The molecule has 2 atom stereocenters. The summed E-state index contributed by atoms with van der Waals surface area (Å²) in [5, 5.41) is 12.5. The summed E-state index contributed by atoms with van der Waals surface area (Å²) in [5.41, 5.74) is 0. The number of carbonyl (C=O) groups is 1. The predicted molar refractivity (Wildman–Crippen MR) is 83.1 cm³/mol. The number of thioether (sulfide) groups is 1. The maximum atomic E-state index is 13.6. The summed E-state index contributed by atoms with van der Waals surface area (Å²) in [6, 6.07) is 6.23. The quantitative estimate of drug-likeness (QED) is 0.892. The first-order valence-electron chi connectivity index (χ1n) is 6.19. The molecule has 0 aliphatic carbocycles. The zero-order valence-corrected chi connectivity index (χ0v) is 12.9. The molecule has 0 saturated heterocycles. The number of fused-ring (bicyclic) bond motifs is 1. The van der Waals surface area contributed by atoms with Gasteiger partial charge in [0.15, 0.2) is 0 Å². The number of aliphatic hydroxyl groups excluding tert-OH is 1. The number of carbonyl (C=O) groups excluding carboxylic acids is 1. The molecule has 3 nitrogen and oxygen atoms in total. The van der Waals surface area contributed by atoms with Crippen LogP contribution in [0.5, 0.6) is 0 Å². The Bertz CT molecular complexity index is 610. The van der Waals surface area contributed by atoms with Crippen molar-refractivity contribution in [2.75, 3.05) is 12.9 Å². The van der Waals surface area contributed by atoms with Gasteiger partial charge < -0.3 is 10.4 Å². The molecule has 6 heteroatoms. The van der Waals surface area contributed by atoms with E-state index < -0.39 is 0 Å². The van der Waals surface area contributed by atoms with Crippen LogP contribution in [0.15, 0.2) is 24.3 Å². The lowest BCUT2D eigenvalue weighted by molar-refractivity contribution is 0.0940. The number of thiophene rings is 1. The smallest absolute Gasteiger partial charge is 0.261 e. The van der Waals surface area contributed by atoms with Crippen LogP contribution < -0.4 is 5.32 Å². The van der Waals surface area contributed by atoms with E-state index >= 15 is 0 Å². The number of hydrogen-bond donors (Lipinski definition) is 2. The lowest BCUT2D eigenvalue weighted by Gasteiger charge is -2.20. The molecule has 20 heavy (non-hydrogen) atoms. The third kappa shape index (κ3) is 3.13. The first kappa shape index (κ1) is 15.3. The van der Waals surface area contributed by atoms with E-state index in [1.165, 1.54) is 29.2 Å². The van der Waals surface area contributed by atoms with E-state index in [1.807, 2.05) is 13.2 Å². The second-order valence-corrected chi connectivity index (χ2v) is 6.64. The number of rotatable bonds is 5. The molecular formula is C14H16FNO2S2. The molecule has 0 radical (unpaired) electrons. The molecule has 0 spiro atoms. The van der Waals surface area contributed by atoms with E-state index in [2.05, 4.69) is 5.32 Å². The number of benzene rings is 1. The number of halogens is 1. The van der Waals surface area contributed by atoms with Crippen molar-refractivity contribution in [2.45, 2.75) is 18.2 Å². The fraction of sp³-hybridized carbons (Fsp3) is 0.357. The molecule has 2 unspecified atom stereocenters. The van der Waals surface area contributed by atoms with Crippen LogP contribution in [0.3, 0.4) is 0 Å². The normalized spacial score (nSPS) is 14.2. The molecule has 0 bridgehead atoms. The molecule has 1 aromatic heterocycles. The lowest BCUT2D eigenvalue weighted by atomic mass is 10.2. The summed E-state index contributed by atoms with van der Waals surface area (Å²) in [4.78, 5) is 12.6. The molecule has 1 heterocycles. The van der Waals surface area contributed by atoms with Gasteiger partial charge in [0.25, 0.3) is 5.91 Å². The second-order valence-electron chi connectivity index (χ2n) is 4.48. The van der Waals surface area contributed by atoms with Crippen LogP contribution in [0.2, 0.25) is 0 Å². The first-order chi connectivity index (χ1) is 9.56. The minimum absolute atomic E-state index is 0.00363. The number of nitrogens with one attached hydrogen (secondary N) is 1. The average molecular weight is 313 g/mol. The van der Waals surface area contributed by atoms with Crippen molar-refractivity contribution in [3.8, 4) is 0 Å². The molecule has 2 N–H and O–H groups in total. The summed E-state index contributed by atoms with van der Waals surface area (Å²) in [6.45, 7) is 1.85. The highest BCUT2D eigenvalue weighted by Gasteiger charge is 2.19. The fourth-order valence-corrected chi connectivity index (χ4v) is 3.55. The Hall–Kier alpha value is -1.11. The van der Waals surface area contributed by atoms with Gasteiger partial charge in [-0.15, -0.1) is 11.3 Å². The minimum atomic E-state index is -0.316. The Morgan fingerprint density at radius 1 is 1.55 bits per heavy atom. The van der Waals surface area contributed by atoms with Gasteiger partial charge in [0.2, 0.25) is 0 Å². The van der Waals surface area contributed by atoms with Crippen molar-refractivity contribution in [1.29, 1.82) is 0 Å². The summed E-state index contributed by atoms with van der Waals surface area (Å²) in [5.74, 6) is -0.547. The predicted octanol–water partition coefficient (Wildman–Crippen LogP) is 2.88. The maximum Gasteiger partial charge on any atom is 0.261 e. The van der Waals surface area contributed by atoms with Gasteiger partial charge in [-0.3, -0.25) is 4.79 Å². The van der Waals surface area contributed by atoms with E-state index in [4.69, 9.17) is 0 Å². The molecule has 2 rings (SSSR count). The van der Waals surface area contributed by atoms with Crippen LogP contribution in [0, 0.1) is 5.82 Å². The molecule has 108 valence electrons. The Morgan fingerprint density at radius 3 is 2.90 bits per heavy atom. The Kier molecular flexibility index (Phi) is 5.01. The number of amides is 1. The summed E-state index contributed by atoms with van der Waals surface area (Å²) in [6.07, 6.45) is 1.89. The standard InChI is InChI=1S/C14H16FNO2S2/c1-8(13(7-17)19-2)16-14(18)12-6-9-10(15)4-3-5-11(9)20-12/h3-6,8,13,17H,7H2,1-2H3,(H,16,18). The van der Waals surface area contributed by atoms with Crippen molar-refractivity contribution in [3.05, 3.63) is 35.0 Å². The largest absolute Gasteiger partial charge is 0.395 e. The van der Waals surface area contributed by atoms with Crippen LogP contribution in [-0.2, 0) is 0 Å². The van der Waals surface area contributed by atoms with Crippen LogP contribution in [-0.4, -0.2) is 35.2 Å². The zero-order chi connectivity index (χ0) is 14.7. The van der Waals surface area contributed by atoms with Crippen molar-refractivity contribution < 1.29 is 14.3 Å². The van der Waals surface area contributed by atoms with Crippen molar-refractivity contribution in [1.82, 2.24) is 5.32 Å². The summed E-state index contributed by atoms with van der Waals surface area (Å²) in [7, 11) is 0. The average Bonchev–Trinajstić information content (AvgIpc) is 2.85. The van der Waals surface area contributed by atoms with Crippen LogP contribution >= 0.6 is 23.1 Å². The van der Waals surface area contributed by atoms with Gasteiger partial charge in [0.05, 0.1) is 11.5 Å². The number of hydrogen-bond acceptors (Lipinski definition) is 4. The van der Waals surface area contributed by atoms with E-state index in [9.17, 15) is 14.3 Å². The van der Waals surface area contributed by atoms with Crippen molar-refractivity contribution >= 4 is 39.1 Å². The molecule has 0 aliphatic heterocycles. The van der Waals surface area contributed by atoms with Gasteiger partial charge in [-0.1, -0.05) is 6.07 Å². The third-order valence-corrected chi connectivity index (χ3v) is 5.39. The second kappa shape index (κ2) is 6.56. The SMILES string of the molecule is CSC(CO)C(C)NC(=O)c1cc2c(F)cccc2s1. The molecular weight excluding hydrogens is 297 g/mol. The minimum Gasteiger partial charge on any atom is -0.395 e. The van der Waals surface area contributed by atoms with E-state index in [1.54, 1.807) is 18.2 Å². The van der Waals surface area contributed by atoms with Gasteiger partial charge >= 0.3 is 0 Å². The zero-order valence-electron chi connectivity index (χ0n) is 11.2. The van der Waals surface area contributed by atoms with Crippen molar-refractivity contribution in [2.24, 2.45) is 0 Å². The van der Waals surface area contributed by atoms with Gasteiger partial charge in [0.1, 0.15) is 5.82 Å². The Morgan fingerprint density at radius 2 is 2.30 bits per heavy atom. The van der Waals surface area contributed by atoms with E-state index in [0.717, 1.165) is 4.70 Å². The molecule has 2 aromatic rings. The van der Waals surface area contributed by atoms with Gasteiger partial charge in [-0.05, 0) is 31.4 Å². The third-order valence-electron chi connectivity index (χ3n) is 3.13. The summed E-state index contributed by atoms with van der Waals surface area (Å²) >= 11 is 2.77. The van der Waals surface area contributed by atoms with Crippen LogP contribution in [0.4, 0.5) is 4.39 Å². The highest BCUT2D eigenvalue weighted by Crippen LogP contribution is 2.27. The van der Waals surface area contributed by atoms with Gasteiger partial charge in [0, 0.05) is 21.4 Å². The van der Waals surface area contributed by atoms with Crippen LogP contribution in [0.25, 0.3) is 10.1 Å². The molecule has 1 aromatic carbocycles. The maximum absolute atomic E-state index is 13.6. The Balaban J connectivity index is 2.17. The highest BCUT2D eigenvalue weighted by atomic mass is 32.2.